The van der Waals surface area contributed by atoms with E-state index in [1.54, 1.807) is 0 Å². The Hall–Kier alpha value is -0.830. The first-order valence-corrected chi connectivity index (χ1v) is 4.88. The first-order chi connectivity index (χ1) is 6.24. The van der Waals surface area contributed by atoms with Gasteiger partial charge in [0.25, 0.3) is 0 Å². The molecule has 0 radical (unpaired) electrons. The van der Waals surface area contributed by atoms with E-state index in [2.05, 4.69) is 17.2 Å². The second-order valence-corrected chi connectivity index (χ2v) is 3.58. The molecule has 0 aromatic heterocycles. The van der Waals surface area contributed by atoms with Crippen molar-refractivity contribution in [3.8, 4) is 0 Å². The van der Waals surface area contributed by atoms with Crippen LogP contribution in [0.3, 0.4) is 0 Å². The Balaban J connectivity index is 2.26. The van der Waals surface area contributed by atoms with Crippen molar-refractivity contribution in [2.75, 3.05) is 6.54 Å². The minimum Gasteiger partial charge on any atom is -0.352 e. The van der Waals surface area contributed by atoms with Gasteiger partial charge in [0.1, 0.15) is 0 Å². The largest absolute Gasteiger partial charge is 0.352 e. The fraction of sp³-hybridized carbons (Fsp3) is 0.700. The van der Waals surface area contributed by atoms with Gasteiger partial charge in [-0.15, -0.1) is 6.58 Å². The van der Waals surface area contributed by atoms with Crippen LogP contribution in [0.25, 0.3) is 0 Å². The smallest absolute Gasteiger partial charge is 0.237 e. The summed E-state index contributed by atoms with van der Waals surface area (Å²) in [4.78, 5) is 11.5. The van der Waals surface area contributed by atoms with Crippen LogP contribution in [0.1, 0.15) is 26.2 Å². The highest BCUT2D eigenvalue weighted by atomic mass is 16.2. The van der Waals surface area contributed by atoms with Crippen LogP contribution in [-0.2, 0) is 4.79 Å². The zero-order valence-electron chi connectivity index (χ0n) is 8.18. The maximum absolute atomic E-state index is 11.5. The van der Waals surface area contributed by atoms with E-state index in [4.69, 9.17) is 0 Å². The summed E-state index contributed by atoms with van der Waals surface area (Å²) in [5, 5.41) is 6.12. The summed E-state index contributed by atoms with van der Waals surface area (Å²) in [6, 6.07) is 0.236. The minimum absolute atomic E-state index is 0.0345. The molecule has 2 unspecified atom stereocenters. The van der Waals surface area contributed by atoms with Crippen molar-refractivity contribution >= 4 is 5.91 Å². The number of hydrogen-bond acceptors (Lipinski definition) is 2. The van der Waals surface area contributed by atoms with Crippen LogP contribution in [0.4, 0.5) is 0 Å². The summed E-state index contributed by atoms with van der Waals surface area (Å²) in [7, 11) is 0. The topological polar surface area (TPSA) is 41.1 Å². The first-order valence-electron chi connectivity index (χ1n) is 4.88. The van der Waals surface area contributed by atoms with E-state index in [0.29, 0.717) is 0 Å². The summed E-state index contributed by atoms with van der Waals surface area (Å²) >= 11 is 0. The summed E-state index contributed by atoms with van der Waals surface area (Å²) in [6.45, 7) is 6.60. The van der Waals surface area contributed by atoms with E-state index in [-0.39, 0.29) is 18.0 Å². The second kappa shape index (κ2) is 5.02. The average molecular weight is 182 g/mol. The fourth-order valence-corrected chi connectivity index (χ4v) is 1.56. The molecule has 0 aliphatic carbocycles. The monoisotopic (exact) mass is 182 g/mol. The third-order valence-corrected chi connectivity index (χ3v) is 2.29. The lowest BCUT2D eigenvalue weighted by molar-refractivity contribution is -0.123. The van der Waals surface area contributed by atoms with Crippen molar-refractivity contribution in [2.45, 2.75) is 38.3 Å². The second-order valence-electron chi connectivity index (χ2n) is 3.58. The lowest BCUT2D eigenvalue weighted by Gasteiger charge is -2.15. The molecule has 0 saturated carbocycles. The van der Waals surface area contributed by atoms with Gasteiger partial charge in [0.15, 0.2) is 0 Å². The molecule has 2 atom stereocenters. The van der Waals surface area contributed by atoms with Crippen molar-refractivity contribution in [1.82, 2.24) is 10.6 Å². The van der Waals surface area contributed by atoms with Gasteiger partial charge in [0, 0.05) is 6.04 Å². The molecule has 1 heterocycles. The third-order valence-electron chi connectivity index (χ3n) is 2.29. The normalized spacial score (nSPS) is 23.9. The van der Waals surface area contributed by atoms with E-state index >= 15 is 0 Å². The quantitative estimate of drug-likeness (QED) is 0.632. The van der Waals surface area contributed by atoms with E-state index in [0.717, 1.165) is 25.8 Å². The third kappa shape index (κ3) is 3.19. The number of carbonyl (C=O) groups is 1. The zero-order valence-corrected chi connectivity index (χ0v) is 8.18. The molecule has 13 heavy (non-hydrogen) atoms. The van der Waals surface area contributed by atoms with Crippen LogP contribution in [0.2, 0.25) is 0 Å². The fourth-order valence-electron chi connectivity index (χ4n) is 1.56. The Bertz CT molecular complexity index is 185. The molecule has 1 aliphatic heterocycles. The van der Waals surface area contributed by atoms with Gasteiger partial charge in [0.05, 0.1) is 6.04 Å². The molecule has 74 valence electrons. The lowest BCUT2D eigenvalue weighted by Crippen LogP contribution is -2.44. The lowest BCUT2D eigenvalue weighted by atomic mass is 10.2. The van der Waals surface area contributed by atoms with E-state index in [9.17, 15) is 4.79 Å². The van der Waals surface area contributed by atoms with Crippen LogP contribution in [0.5, 0.6) is 0 Å². The maximum atomic E-state index is 11.5. The molecule has 1 rings (SSSR count). The molecule has 3 nitrogen and oxygen atoms in total. The molecule has 3 heteroatoms. The highest BCUT2D eigenvalue weighted by molar-refractivity contribution is 5.82. The number of carbonyl (C=O) groups excluding carboxylic acids is 1. The van der Waals surface area contributed by atoms with Crippen LogP contribution in [0, 0.1) is 0 Å². The van der Waals surface area contributed by atoms with Crippen LogP contribution < -0.4 is 10.6 Å². The molecule has 0 aromatic rings. The van der Waals surface area contributed by atoms with E-state index < -0.39 is 0 Å². The maximum Gasteiger partial charge on any atom is 0.237 e. The Morgan fingerprint density at radius 1 is 1.85 bits per heavy atom. The first kappa shape index (κ1) is 10.3. The van der Waals surface area contributed by atoms with Crippen molar-refractivity contribution in [3.05, 3.63) is 12.7 Å². The Morgan fingerprint density at radius 3 is 3.15 bits per heavy atom. The van der Waals surface area contributed by atoms with Gasteiger partial charge in [-0.25, -0.2) is 0 Å². The number of hydrogen-bond donors (Lipinski definition) is 2. The van der Waals surface area contributed by atoms with Gasteiger partial charge in [-0.2, -0.15) is 0 Å². The molecule has 1 amide bonds. The van der Waals surface area contributed by atoms with Crippen molar-refractivity contribution in [3.63, 3.8) is 0 Å². The summed E-state index contributed by atoms with van der Waals surface area (Å²) in [5.41, 5.74) is 0. The van der Waals surface area contributed by atoms with Crippen LogP contribution >= 0.6 is 0 Å². The summed E-state index contributed by atoms with van der Waals surface area (Å²) < 4.78 is 0. The molecule has 2 N–H and O–H groups in total. The predicted octanol–water partition coefficient (Wildman–Crippen LogP) is 0.819. The molecule has 1 aliphatic rings. The van der Waals surface area contributed by atoms with Gasteiger partial charge >= 0.3 is 0 Å². The predicted molar refractivity (Wildman–Crippen MR) is 53.4 cm³/mol. The highest BCUT2D eigenvalue weighted by Gasteiger charge is 2.22. The summed E-state index contributed by atoms with van der Waals surface area (Å²) in [5.74, 6) is 0.131. The Kier molecular flexibility index (Phi) is 3.96. The SMILES string of the molecule is C=CCC(C)NC(=O)C1CCCN1. The molecule has 0 bridgehead atoms. The van der Waals surface area contributed by atoms with Gasteiger partial charge in [-0.05, 0) is 32.7 Å². The van der Waals surface area contributed by atoms with Crippen LogP contribution in [0.15, 0.2) is 12.7 Å². The standard InChI is InChI=1S/C10H18N2O/c1-3-5-8(2)12-10(13)9-6-4-7-11-9/h3,8-9,11H,1,4-7H2,2H3,(H,12,13). The molecular weight excluding hydrogens is 164 g/mol. The molecule has 0 aromatic carbocycles. The van der Waals surface area contributed by atoms with Crippen molar-refractivity contribution in [2.24, 2.45) is 0 Å². The van der Waals surface area contributed by atoms with Gasteiger partial charge in [-0.1, -0.05) is 6.08 Å². The number of rotatable bonds is 4. The Labute approximate surface area is 79.6 Å². The van der Waals surface area contributed by atoms with E-state index in [1.165, 1.54) is 0 Å². The molecule has 1 fully saturated rings. The van der Waals surface area contributed by atoms with Gasteiger partial charge < -0.3 is 10.6 Å². The molecular formula is C10H18N2O. The van der Waals surface area contributed by atoms with E-state index in [1.807, 2.05) is 13.0 Å². The van der Waals surface area contributed by atoms with Crippen molar-refractivity contribution < 1.29 is 4.79 Å². The molecule has 0 spiro atoms. The minimum atomic E-state index is 0.0345. The van der Waals surface area contributed by atoms with Gasteiger partial charge in [0.2, 0.25) is 5.91 Å². The Morgan fingerprint density at radius 2 is 2.62 bits per heavy atom. The number of nitrogens with one attached hydrogen (secondary N) is 2. The highest BCUT2D eigenvalue weighted by Crippen LogP contribution is 2.05. The van der Waals surface area contributed by atoms with Crippen molar-refractivity contribution in [1.29, 1.82) is 0 Å². The van der Waals surface area contributed by atoms with Gasteiger partial charge in [-0.3, -0.25) is 4.79 Å². The summed E-state index contributed by atoms with van der Waals surface area (Å²) in [6.07, 6.45) is 4.73. The molecule has 1 saturated heterocycles. The zero-order chi connectivity index (χ0) is 9.68. The number of amides is 1. The van der Waals surface area contributed by atoms with Crippen LogP contribution in [-0.4, -0.2) is 24.5 Å². The average Bonchev–Trinajstić information content (AvgIpc) is 2.55.